The van der Waals surface area contributed by atoms with E-state index in [2.05, 4.69) is 9.82 Å². The monoisotopic (exact) mass is 397 g/mol. The van der Waals surface area contributed by atoms with Gasteiger partial charge in [0.15, 0.2) is 0 Å². The minimum Gasteiger partial charge on any atom is -0.465 e. The lowest BCUT2D eigenvalue weighted by atomic mass is 10.0. The molecule has 2 aromatic rings. The quantitative estimate of drug-likeness (QED) is 0.782. The van der Waals surface area contributed by atoms with Gasteiger partial charge >= 0.3 is 5.97 Å². The second kappa shape index (κ2) is 7.38. The molecule has 0 spiro atoms. The molecule has 140 valence electrons. The molecule has 3 rings (SSSR count). The molecule has 1 aromatic carbocycles. The molecule has 7 nitrogen and oxygen atoms in total. The van der Waals surface area contributed by atoms with E-state index in [4.69, 9.17) is 16.3 Å². The lowest BCUT2D eigenvalue weighted by molar-refractivity contribution is 0.0597. The first-order chi connectivity index (χ1) is 12.3. The van der Waals surface area contributed by atoms with E-state index >= 15 is 0 Å². The lowest BCUT2D eigenvalue weighted by Gasteiger charge is -2.13. The summed E-state index contributed by atoms with van der Waals surface area (Å²) in [5.41, 5.74) is 2.12. The number of hydrogen-bond acceptors (Lipinski definition) is 5. The number of methoxy groups -OCH3 is 1. The second-order valence-electron chi connectivity index (χ2n) is 6.17. The van der Waals surface area contributed by atoms with E-state index in [1.165, 1.54) is 13.2 Å². The molecule has 0 bridgehead atoms. The Morgan fingerprint density at radius 2 is 2.15 bits per heavy atom. The third kappa shape index (κ3) is 3.62. The number of rotatable bonds is 5. The summed E-state index contributed by atoms with van der Waals surface area (Å²) in [5.74, 6) is -0.499. The molecule has 0 atom stereocenters. The van der Waals surface area contributed by atoms with E-state index in [0.29, 0.717) is 28.4 Å². The van der Waals surface area contributed by atoms with Crippen molar-refractivity contribution in [2.75, 3.05) is 7.11 Å². The molecule has 0 saturated carbocycles. The predicted molar refractivity (Wildman–Crippen MR) is 96.7 cm³/mol. The van der Waals surface area contributed by atoms with Gasteiger partial charge in [-0.1, -0.05) is 17.7 Å². The fourth-order valence-corrected chi connectivity index (χ4v) is 4.60. The van der Waals surface area contributed by atoms with Crippen molar-refractivity contribution in [1.82, 2.24) is 14.5 Å². The SMILES string of the molecule is COC(=O)c1c(CNS(=O)(=O)c2cc(Cl)ccc2C)nn2c1CCCC2. The maximum Gasteiger partial charge on any atom is 0.341 e. The normalized spacial score (nSPS) is 14.1. The predicted octanol–water partition coefficient (Wildman–Crippen LogP) is 2.45. The van der Waals surface area contributed by atoms with Gasteiger partial charge in [-0.3, -0.25) is 4.68 Å². The van der Waals surface area contributed by atoms with Gasteiger partial charge in [0.1, 0.15) is 5.56 Å². The standard InChI is InChI=1S/C17H20ClN3O4S/c1-11-6-7-12(18)9-15(11)26(23,24)19-10-13-16(17(22)25-2)14-5-3-4-8-21(14)20-13/h6-7,9,19H,3-5,8,10H2,1-2H3. The van der Waals surface area contributed by atoms with Crippen molar-refractivity contribution >= 4 is 27.6 Å². The van der Waals surface area contributed by atoms with Gasteiger partial charge in [-0.2, -0.15) is 5.10 Å². The fraction of sp³-hybridized carbons (Fsp3) is 0.412. The third-order valence-electron chi connectivity index (χ3n) is 4.42. The Labute approximate surface area is 157 Å². The van der Waals surface area contributed by atoms with Crippen LogP contribution in [0.4, 0.5) is 0 Å². The summed E-state index contributed by atoms with van der Waals surface area (Å²) in [5, 5.41) is 4.76. The topological polar surface area (TPSA) is 90.3 Å². The molecular weight excluding hydrogens is 378 g/mol. The van der Waals surface area contributed by atoms with Crippen LogP contribution >= 0.6 is 11.6 Å². The summed E-state index contributed by atoms with van der Waals surface area (Å²) in [6, 6.07) is 4.68. The summed E-state index contributed by atoms with van der Waals surface area (Å²) in [6.07, 6.45) is 2.66. The van der Waals surface area contributed by atoms with Gasteiger partial charge in [-0.25, -0.2) is 17.9 Å². The summed E-state index contributed by atoms with van der Waals surface area (Å²) in [6.45, 7) is 2.30. The summed E-state index contributed by atoms with van der Waals surface area (Å²) in [7, 11) is -2.49. The molecule has 2 heterocycles. The van der Waals surface area contributed by atoms with E-state index in [9.17, 15) is 13.2 Å². The van der Waals surface area contributed by atoms with Crippen LogP contribution in [0.2, 0.25) is 5.02 Å². The minimum absolute atomic E-state index is 0.0985. The highest BCUT2D eigenvalue weighted by molar-refractivity contribution is 7.89. The van der Waals surface area contributed by atoms with E-state index in [-0.39, 0.29) is 11.4 Å². The van der Waals surface area contributed by atoms with Gasteiger partial charge in [-0.05, 0) is 43.9 Å². The largest absolute Gasteiger partial charge is 0.465 e. The number of hydrogen-bond donors (Lipinski definition) is 1. The molecule has 0 amide bonds. The highest BCUT2D eigenvalue weighted by Crippen LogP contribution is 2.24. The highest BCUT2D eigenvalue weighted by atomic mass is 35.5. The van der Waals surface area contributed by atoms with Crippen molar-refractivity contribution in [2.45, 2.75) is 44.2 Å². The molecule has 0 fully saturated rings. The van der Waals surface area contributed by atoms with Crippen molar-refractivity contribution in [3.05, 3.63) is 45.7 Å². The molecule has 0 aliphatic carbocycles. The Morgan fingerprint density at radius 3 is 2.88 bits per heavy atom. The Bertz CT molecular complexity index is 953. The molecule has 1 aliphatic rings. The van der Waals surface area contributed by atoms with Gasteiger partial charge < -0.3 is 4.74 Å². The first kappa shape index (κ1) is 18.9. The van der Waals surface area contributed by atoms with Crippen LogP contribution in [0.3, 0.4) is 0 Å². The minimum atomic E-state index is -3.80. The maximum absolute atomic E-state index is 12.7. The van der Waals surface area contributed by atoms with Crippen LogP contribution in [0.15, 0.2) is 23.1 Å². The molecule has 0 saturated heterocycles. The van der Waals surface area contributed by atoms with Crippen LogP contribution in [0.1, 0.15) is 40.2 Å². The van der Waals surface area contributed by atoms with Gasteiger partial charge in [0.2, 0.25) is 10.0 Å². The number of aryl methyl sites for hydroxylation is 2. The second-order valence-corrected chi connectivity index (χ2v) is 8.35. The highest BCUT2D eigenvalue weighted by Gasteiger charge is 2.27. The first-order valence-electron chi connectivity index (χ1n) is 8.26. The first-order valence-corrected chi connectivity index (χ1v) is 10.1. The van der Waals surface area contributed by atoms with Gasteiger partial charge in [0.05, 0.1) is 29.9 Å². The maximum atomic E-state index is 12.7. The van der Waals surface area contributed by atoms with Crippen LogP contribution in [0, 0.1) is 6.92 Å². The van der Waals surface area contributed by atoms with Gasteiger partial charge in [0, 0.05) is 11.6 Å². The average Bonchev–Trinajstić information content (AvgIpc) is 3.00. The number of esters is 1. The van der Waals surface area contributed by atoms with Crippen molar-refractivity contribution in [3.8, 4) is 0 Å². The summed E-state index contributed by atoms with van der Waals surface area (Å²) >= 11 is 5.93. The summed E-state index contributed by atoms with van der Waals surface area (Å²) < 4.78 is 34.5. The van der Waals surface area contributed by atoms with Crippen molar-refractivity contribution in [2.24, 2.45) is 0 Å². The third-order valence-corrected chi connectivity index (χ3v) is 6.20. The fourth-order valence-electron chi connectivity index (χ4n) is 3.11. The van der Waals surface area contributed by atoms with Gasteiger partial charge in [-0.15, -0.1) is 0 Å². The summed E-state index contributed by atoms with van der Waals surface area (Å²) in [4.78, 5) is 12.3. The van der Waals surface area contributed by atoms with Crippen LogP contribution in [-0.4, -0.2) is 31.3 Å². The van der Waals surface area contributed by atoms with E-state index in [1.807, 2.05) is 0 Å². The zero-order chi connectivity index (χ0) is 18.9. The Balaban J connectivity index is 1.91. The van der Waals surface area contributed by atoms with Crippen LogP contribution in [0.5, 0.6) is 0 Å². The Kier molecular flexibility index (Phi) is 5.36. The zero-order valence-corrected chi connectivity index (χ0v) is 16.2. The lowest BCUT2D eigenvalue weighted by Crippen LogP contribution is -2.25. The Morgan fingerprint density at radius 1 is 1.38 bits per heavy atom. The molecular formula is C17H20ClN3O4S. The molecule has 0 radical (unpaired) electrons. The number of ether oxygens (including phenoxy) is 1. The number of carbonyl (C=O) groups is 1. The molecule has 1 aliphatic heterocycles. The van der Waals surface area contributed by atoms with Crippen LogP contribution in [-0.2, 0) is 34.3 Å². The Hall–Kier alpha value is -1.90. The average molecular weight is 398 g/mol. The van der Waals surface area contributed by atoms with Gasteiger partial charge in [0.25, 0.3) is 0 Å². The van der Waals surface area contributed by atoms with E-state index < -0.39 is 16.0 Å². The van der Waals surface area contributed by atoms with E-state index in [1.54, 1.807) is 23.7 Å². The number of nitrogens with zero attached hydrogens (tertiary/aromatic N) is 2. The molecule has 1 N–H and O–H groups in total. The number of fused-ring (bicyclic) bond motifs is 1. The zero-order valence-electron chi connectivity index (χ0n) is 14.6. The molecule has 0 unspecified atom stereocenters. The van der Waals surface area contributed by atoms with Crippen LogP contribution in [0.25, 0.3) is 0 Å². The number of aromatic nitrogens is 2. The van der Waals surface area contributed by atoms with Crippen LogP contribution < -0.4 is 4.72 Å². The van der Waals surface area contributed by atoms with Crippen molar-refractivity contribution in [1.29, 1.82) is 0 Å². The number of halogens is 1. The molecule has 26 heavy (non-hydrogen) atoms. The number of sulfonamides is 1. The smallest absolute Gasteiger partial charge is 0.341 e. The van der Waals surface area contributed by atoms with Crippen molar-refractivity contribution in [3.63, 3.8) is 0 Å². The molecule has 9 heteroatoms. The van der Waals surface area contributed by atoms with Crippen molar-refractivity contribution < 1.29 is 17.9 Å². The number of benzene rings is 1. The molecule has 1 aromatic heterocycles. The number of nitrogens with one attached hydrogen (secondary N) is 1. The van der Waals surface area contributed by atoms with E-state index in [0.717, 1.165) is 25.0 Å². The number of carbonyl (C=O) groups excluding carboxylic acids is 1.